The summed E-state index contributed by atoms with van der Waals surface area (Å²) in [5.41, 5.74) is 7.33. The average Bonchev–Trinajstić information content (AvgIpc) is 2.65. The lowest BCUT2D eigenvalue weighted by atomic mass is 10.2. The number of benzene rings is 1. The molecule has 1 heterocycles. The van der Waals surface area contributed by atoms with Crippen molar-refractivity contribution in [2.24, 2.45) is 0 Å². The summed E-state index contributed by atoms with van der Waals surface area (Å²) in [5.74, 6) is 0.594. The monoisotopic (exact) mass is 240 g/mol. The number of hydrogen-bond donors (Lipinski definition) is 1. The van der Waals surface area contributed by atoms with E-state index in [1.165, 1.54) is 0 Å². The van der Waals surface area contributed by atoms with Gasteiger partial charge in [0.2, 0.25) is 0 Å². The molecule has 0 aliphatic rings. The molecule has 0 fully saturated rings. The summed E-state index contributed by atoms with van der Waals surface area (Å²) in [5, 5.41) is 3.55. The maximum Gasteiger partial charge on any atom is 0.261 e. The lowest BCUT2D eigenvalue weighted by molar-refractivity contribution is 0.433. The molecule has 0 aliphatic heterocycles. The number of nitrogen functional groups attached to an aromatic ring is 1. The molecular formula is C10H13ClN4O. The summed E-state index contributed by atoms with van der Waals surface area (Å²) >= 11 is 0. The summed E-state index contributed by atoms with van der Waals surface area (Å²) in [7, 11) is 3.95. The maximum absolute atomic E-state index is 5.39. The lowest BCUT2D eigenvalue weighted by Crippen LogP contribution is -2.08. The number of aromatic nitrogens is 2. The van der Waals surface area contributed by atoms with Crippen LogP contribution in [-0.2, 0) is 0 Å². The first-order chi connectivity index (χ1) is 7.16. The average molecular weight is 241 g/mol. The van der Waals surface area contributed by atoms with E-state index in [1.807, 2.05) is 43.3 Å². The molecule has 0 spiro atoms. The van der Waals surface area contributed by atoms with Crippen molar-refractivity contribution in [1.82, 2.24) is 10.1 Å². The van der Waals surface area contributed by atoms with Crippen LogP contribution >= 0.6 is 12.4 Å². The van der Waals surface area contributed by atoms with E-state index >= 15 is 0 Å². The van der Waals surface area contributed by atoms with Crippen LogP contribution in [0.1, 0.15) is 0 Å². The molecule has 6 heteroatoms. The van der Waals surface area contributed by atoms with E-state index < -0.39 is 0 Å². The summed E-state index contributed by atoms with van der Waals surface area (Å²) < 4.78 is 4.98. The van der Waals surface area contributed by atoms with Gasteiger partial charge in [0.15, 0.2) is 0 Å². The molecule has 0 amide bonds. The highest BCUT2D eigenvalue weighted by atomic mass is 35.5. The zero-order valence-electron chi connectivity index (χ0n) is 9.04. The number of rotatable bonds is 2. The van der Waals surface area contributed by atoms with Crippen LogP contribution in [0, 0.1) is 0 Å². The zero-order valence-corrected chi connectivity index (χ0v) is 9.86. The summed E-state index contributed by atoms with van der Waals surface area (Å²) in [4.78, 5) is 5.97. The van der Waals surface area contributed by atoms with Gasteiger partial charge in [-0.25, -0.2) is 0 Å². The maximum atomic E-state index is 5.39. The molecule has 0 radical (unpaired) electrons. The van der Waals surface area contributed by atoms with E-state index in [0.717, 1.165) is 11.3 Å². The second-order valence-electron chi connectivity index (χ2n) is 3.40. The first-order valence-electron chi connectivity index (χ1n) is 4.54. The van der Waals surface area contributed by atoms with E-state index in [1.54, 1.807) is 0 Å². The molecule has 2 N–H and O–H groups in total. The van der Waals surface area contributed by atoms with Crippen molar-refractivity contribution in [3.8, 4) is 11.5 Å². The third-order valence-electron chi connectivity index (χ3n) is 2.05. The van der Waals surface area contributed by atoms with Gasteiger partial charge in [0, 0.05) is 25.3 Å². The Labute approximate surface area is 99.7 Å². The van der Waals surface area contributed by atoms with Gasteiger partial charge < -0.3 is 15.2 Å². The smallest absolute Gasteiger partial charge is 0.261 e. The Kier molecular flexibility index (Phi) is 3.73. The molecule has 0 bridgehead atoms. The molecule has 0 unspecified atom stereocenters. The second kappa shape index (κ2) is 4.85. The second-order valence-corrected chi connectivity index (χ2v) is 3.40. The molecule has 5 nitrogen and oxygen atoms in total. The minimum absolute atomic E-state index is 0. The summed E-state index contributed by atoms with van der Waals surface area (Å²) in [6.07, 6.45) is 0. The van der Waals surface area contributed by atoms with Crippen molar-refractivity contribution in [1.29, 1.82) is 0 Å². The molecule has 1 aromatic carbocycles. The van der Waals surface area contributed by atoms with Gasteiger partial charge in [-0.15, -0.1) is 12.4 Å². The van der Waals surface area contributed by atoms with Crippen molar-refractivity contribution >= 4 is 24.0 Å². The number of hydrogen-bond acceptors (Lipinski definition) is 5. The molecule has 0 saturated heterocycles. The van der Waals surface area contributed by atoms with Gasteiger partial charge in [0.25, 0.3) is 11.8 Å². The highest BCUT2D eigenvalue weighted by molar-refractivity contribution is 5.85. The van der Waals surface area contributed by atoms with Gasteiger partial charge in [-0.1, -0.05) is 6.07 Å². The van der Waals surface area contributed by atoms with E-state index in [4.69, 9.17) is 10.3 Å². The molecular weight excluding hydrogens is 228 g/mol. The van der Waals surface area contributed by atoms with Crippen LogP contribution in [0.4, 0.5) is 11.6 Å². The normalized spacial score (nSPS) is 9.62. The number of anilines is 2. The lowest BCUT2D eigenvalue weighted by Gasteiger charge is -2.12. The zero-order chi connectivity index (χ0) is 10.8. The number of nitrogens with two attached hydrogens (primary N) is 1. The molecule has 0 saturated carbocycles. The van der Waals surface area contributed by atoms with Gasteiger partial charge in [-0.3, -0.25) is 0 Å². The van der Waals surface area contributed by atoms with Crippen molar-refractivity contribution in [3.63, 3.8) is 0 Å². The molecule has 2 rings (SSSR count). The van der Waals surface area contributed by atoms with Crippen LogP contribution in [-0.4, -0.2) is 24.2 Å². The van der Waals surface area contributed by atoms with Crippen LogP contribution in [0.15, 0.2) is 28.8 Å². The largest absolute Gasteiger partial charge is 0.378 e. The fraction of sp³-hybridized carbons (Fsp3) is 0.200. The summed E-state index contributed by atoms with van der Waals surface area (Å²) in [6.45, 7) is 0. The first kappa shape index (κ1) is 12.3. The van der Waals surface area contributed by atoms with Gasteiger partial charge in [-0.05, 0) is 23.4 Å². The van der Waals surface area contributed by atoms with E-state index in [0.29, 0.717) is 5.89 Å². The fourth-order valence-electron chi connectivity index (χ4n) is 1.27. The Bertz CT molecular complexity index is 469. The van der Waals surface area contributed by atoms with Crippen LogP contribution in [0.2, 0.25) is 0 Å². The third kappa shape index (κ3) is 2.43. The number of halogens is 1. The molecule has 0 aliphatic carbocycles. The highest BCUT2D eigenvalue weighted by Gasteiger charge is 2.07. The van der Waals surface area contributed by atoms with Gasteiger partial charge in [0.1, 0.15) is 0 Å². The molecule has 1 aromatic heterocycles. The SMILES string of the molecule is CN(C)c1cccc(-c2nc(N)no2)c1.Cl. The van der Waals surface area contributed by atoms with Crippen LogP contribution in [0.25, 0.3) is 11.5 Å². The third-order valence-corrected chi connectivity index (χ3v) is 2.05. The minimum Gasteiger partial charge on any atom is -0.378 e. The van der Waals surface area contributed by atoms with E-state index in [-0.39, 0.29) is 18.4 Å². The predicted molar refractivity (Wildman–Crippen MR) is 65.7 cm³/mol. The standard InChI is InChI=1S/C10H12N4O.ClH/c1-14(2)8-5-3-4-7(6-8)9-12-10(11)13-15-9;/h3-6H,1-2H3,(H2,11,13);1H. The van der Waals surface area contributed by atoms with Crippen molar-refractivity contribution < 1.29 is 4.52 Å². The number of nitrogens with zero attached hydrogens (tertiary/aromatic N) is 3. The van der Waals surface area contributed by atoms with Gasteiger partial charge >= 0.3 is 0 Å². The molecule has 2 aromatic rings. The van der Waals surface area contributed by atoms with E-state index in [9.17, 15) is 0 Å². The summed E-state index contributed by atoms with van der Waals surface area (Å²) in [6, 6.07) is 7.81. The molecule has 16 heavy (non-hydrogen) atoms. The topological polar surface area (TPSA) is 68.2 Å². The quantitative estimate of drug-likeness (QED) is 0.867. The Morgan fingerprint density at radius 3 is 2.62 bits per heavy atom. The minimum atomic E-state index is 0. The van der Waals surface area contributed by atoms with Crippen molar-refractivity contribution in [2.45, 2.75) is 0 Å². The Morgan fingerprint density at radius 2 is 2.06 bits per heavy atom. The van der Waals surface area contributed by atoms with Gasteiger partial charge in [-0.2, -0.15) is 4.98 Å². The van der Waals surface area contributed by atoms with Crippen LogP contribution in [0.3, 0.4) is 0 Å². The first-order valence-corrected chi connectivity index (χ1v) is 4.54. The van der Waals surface area contributed by atoms with Crippen LogP contribution in [0.5, 0.6) is 0 Å². The Hall–Kier alpha value is -1.75. The predicted octanol–water partition coefficient (Wildman–Crippen LogP) is 1.81. The molecule has 0 atom stereocenters. The molecule has 86 valence electrons. The van der Waals surface area contributed by atoms with Crippen molar-refractivity contribution in [2.75, 3.05) is 24.7 Å². The van der Waals surface area contributed by atoms with E-state index in [2.05, 4.69) is 10.1 Å². The van der Waals surface area contributed by atoms with Crippen molar-refractivity contribution in [3.05, 3.63) is 24.3 Å². The Morgan fingerprint density at radius 1 is 1.31 bits per heavy atom. The Balaban J connectivity index is 0.00000128. The van der Waals surface area contributed by atoms with Gasteiger partial charge in [0.05, 0.1) is 0 Å². The van der Waals surface area contributed by atoms with Crippen LogP contribution < -0.4 is 10.6 Å². The fourth-order valence-corrected chi connectivity index (χ4v) is 1.27. The highest BCUT2D eigenvalue weighted by Crippen LogP contribution is 2.22.